The van der Waals surface area contributed by atoms with Crippen molar-refractivity contribution in [3.8, 4) is 11.1 Å². The molecule has 1 N–H and O–H groups in total. The summed E-state index contributed by atoms with van der Waals surface area (Å²) in [4.78, 5) is 9.68. The first kappa shape index (κ1) is 15.7. The van der Waals surface area contributed by atoms with Crippen molar-refractivity contribution >= 4 is 33.1 Å². The van der Waals surface area contributed by atoms with Gasteiger partial charge in [0, 0.05) is 16.6 Å². The number of rotatable bonds is 3. The highest BCUT2D eigenvalue weighted by Gasteiger charge is 2.14. The Labute approximate surface area is 149 Å². The van der Waals surface area contributed by atoms with Gasteiger partial charge >= 0.3 is 0 Å². The lowest BCUT2D eigenvalue weighted by Crippen LogP contribution is -1.96. The predicted octanol–water partition coefficient (Wildman–Crippen LogP) is 5.86. The van der Waals surface area contributed by atoms with Crippen molar-refractivity contribution in [1.82, 2.24) is 9.97 Å². The Morgan fingerprint density at radius 3 is 2.68 bits per heavy atom. The zero-order valence-corrected chi connectivity index (χ0v) is 14.7. The van der Waals surface area contributed by atoms with Gasteiger partial charge in [-0.15, -0.1) is 11.3 Å². The van der Waals surface area contributed by atoms with Crippen molar-refractivity contribution in [3.05, 3.63) is 71.1 Å². The summed E-state index contributed by atoms with van der Waals surface area (Å²) in [7, 11) is 0. The molecule has 0 unspecified atom stereocenters. The molecular weight excluding hydrogens is 333 g/mol. The monoisotopic (exact) mass is 349 g/mol. The van der Waals surface area contributed by atoms with E-state index < -0.39 is 0 Å². The lowest BCUT2D eigenvalue weighted by Gasteiger charge is -2.09. The average Bonchev–Trinajstić information content (AvgIpc) is 3.03. The average molecular weight is 349 g/mol. The van der Waals surface area contributed by atoms with Crippen molar-refractivity contribution in [3.63, 3.8) is 0 Å². The van der Waals surface area contributed by atoms with Crippen LogP contribution < -0.4 is 5.32 Å². The van der Waals surface area contributed by atoms with E-state index in [2.05, 4.69) is 52.7 Å². The van der Waals surface area contributed by atoms with E-state index in [0.29, 0.717) is 11.5 Å². The Kier molecular flexibility index (Phi) is 3.93. The summed E-state index contributed by atoms with van der Waals surface area (Å²) >= 11 is 1.58. The molecule has 3 nitrogen and oxygen atoms in total. The zero-order chi connectivity index (χ0) is 17.4. The third kappa shape index (κ3) is 2.98. The number of nitrogens with one attached hydrogen (secondary N) is 1. The van der Waals surface area contributed by atoms with Crippen molar-refractivity contribution < 1.29 is 4.39 Å². The molecule has 25 heavy (non-hydrogen) atoms. The van der Waals surface area contributed by atoms with Crippen LogP contribution in [0.2, 0.25) is 0 Å². The van der Waals surface area contributed by atoms with Gasteiger partial charge in [0.2, 0.25) is 0 Å². The van der Waals surface area contributed by atoms with Gasteiger partial charge < -0.3 is 5.32 Å². The second-order valence-electron chi connectivity index (χ2n) is 5.99. The lowest BCUT2D eigenvalue weighted by molar-refractivity contribution is 0.628. The normalized spacial score (nSPS) is 11.0. The molecule has 0 radical (unpaired) electrons. The maximum Gasteiger partial charge on any atom is 0.143 e. The molecule has 2 aromatic heterocycles. The largest absolute Gasteiger partial charge is 0.339 e. The van der Waals surface area contributed by atoms with Crippen LogP contribution in [-0.4, -0.2) is 9.97 Å². The van der Waals surface area contributed by atoms with Gasteiger partial charge in [-0.1, -0.05) is 24.3 Å². The smallest absolute Gasteiger partial charge is 0.143 e. The van der Waals surface area contributed by atoms with Crippen molar-refractivity contribution in [2.75, 3.05) is 5.32 Å². The predicted molar refractivity (Wildman–Crippen MR) is 102 cm³/mol. The van der Waals surface area contributed by atoms with Crippen LogP contribution in [-0.2, 0) is 0 Å². The van der Waals surface area contributed by atoms with Gasteiger partial charge in [-0.25, -0.2) is 14.4 Å². The van der Waals surface area contributed by atoms with Crippen molar-refractivity contribution in [2.24, 2.45) is 0 Å². The number of halogens is 1. The molecule has 0 amide bonds. The molecule has 0 saturated heterocycles. The quantitative estimate of drug-likeness (QED) is 0.503. The number of nitrogens with zero attached hydrogens (tertiary/aromatic N) is 2. The highest BCUT2D eigenvalue weighted by atomic mass is 32.1. The Morgan fingerprint density at radius 1 is 1.00 bits per heavy atom. The molecule has 0 atom stereocenters. The van der Waals surface area contributed by atoms with E-state index in [1.807, 2.05) is 6.07 Å². The number of benzene rings is 2. The molecule has 124 valence electrons. The zero-order valence-electron chi connectivity index (χ0n) is 13.9. The van der Waals surface area contributed by atoms with E-state index in [0.717, 1.165) is 21.3 Å². The molecule has 2 heterocycles. The Hall–Kier alpha value is -2.79. The van der Waals surface area contributed by atoms with Gasteiger partial charge in [-0.05, 0) is 48.7 Å². The van der Waals surface area contributed by atoms with Gasteiger partial charge in [0.1, 0.15) is 22.8 Å². The van der Waals surface area contributed by atoms with Crippen molar-refractivity contribution in [1.29, 1.82) is 0 Å². The molecule has 0 fully saturated rings. The van der Waals surface area contributed by atoms with Crippen LogP contribution in [0.4, 0.5) is 15.9 Å². The second kappa shape index (κ2) is 6.26. The van der Waals surface area contributed by atoms with Crippen LogP contribution in [0, 0.1) is 19.7 Å². The summed E-state index contributed by atoms with van der Waals surface area (Å²) in [6, 6.07) is 12.8. The van der Waals surface area contributed by atoms with Gasteiger partial charge in [0.05, 0.1) is 5.39 Å². The minimum atomic E-state index is -0.282. The van der Waals surface area contributed by atoms with Crippen molar-refractivity contribution in [2.45, 2.75) is 13.8 Å². The number of aromatic nitrogens is 2. The second-order valence-corrected chi connectivity index (χ2v) is 6.84. The molecule has 5 heteroatoms. The Bertz CT molecular complexity index is 1070. The molecule has 0 bridgehead atoms. The summed E-state index contributed by atoms with van der Waals surface area (Å²) in [5.41, 5.74) is 5.39. The Morgan fingerprint density at radius 2 is 1.88 bits per heavy atom. The highest BCUT2D eigenvalue weighted by Crippen LogP contribution is 2.37. The molecule has 4 aromatic rings. The van der Waals surface area contributed by atoms with Gasteiger partial charge in [-0.2, -0.15) is 0 Å². The fourth-order valence-electron chi connectivity index (χ4n) is 2.79. The maximum absolute atomic E-state index is 13.5. The van der Waals surface area contributed by atoms with E-state index in [-0.39, 0.29) is 5.82 Å². The highest BCUT2D eigenvalue weighted by molar-refractivity contribution is 7.17. The molecule has 0 aliphatic carbocycles. The van der Waals surface area contributed by atoms with Crippen LogP contribution in [0.15, 0.2) is 54.2 Å². The summed E-state index contributed by atoms with van der Waals surface area (Å²) in [5.74, 6) is 0.403. The summed E-state index contributed by atoms with van der Waals surface area (Å²) < 4.78 is 13.5. The number of hydrogen-bond donors (Lipinski definition) is 1. The van der Waals surface area contributed by atoms with E-state index in [4.69, 9.17) is 0 Å². The summed E-state index contributed by atoms with van der Waals surface area (Å²) in [6.07, 6.45) is 1.53. The van der Waals surface area contributed by atoms with Gasteiger partial charge in [-0.3, -0.25) is 0 Å². The fraction of sp³-hybridized carbons (Fsp3) is 0.100. The SMILES string of the molecule is Cc1ccc(-c2csc3ncnc(Nc4cccc(F)c4)c23)cc1C. The first-order valence-electron chi connectivity index (χ1n) is 7.94. The van der Waals surface area contributed by atoms with Gasteiger partial charge in [0.15, 0.2) is 0 Å². The minimum Gasteiger partial charge on any atom is -0.339 e. The number of hydrogen-bond acceptors (Lipinski definition) is 4. The third-order valence-corrected chi connectivity index (χ3v) is 5.16. The number of aryl methyl sites for hydroxylation is 2. The molecule has 2 aromatic carbocycles. The van der Waals surface area contributed by atoms with Crippen LogP contribution in [0.25, 0.3) is 21.3 Å². The topological polar surface area (TPSA) is 37.8 Å². The van der Waals surface area contributed by atoms with E-state index >= 15 is 0 Å². The Balaban J connectivity index is 1.85. The van der Waals surface area contributed by atoms with E-state index in [1.165, 1.54) is 29.6 Å². The first-order valence-corrected chi connectivity index (χ1v) is 8.82. The molecule has 4 rings (SSSR count). The summed E-state index contributed by atoms with van der Waals surface area (Å²) in [6.45, 7) is 4.21. The third-order valence-electron chi connectivity index (χ3n) is 4.28. The van der Waals surface area contributed by atoms with Crippen LogP contribution in [0.1, 0.15) is 11.1 Å². The molecular formula is C20H16FN3S. The standard InChI is InChI=1S/C20H16FN3S/c1-12-6-7-14(8-13(12)2)17-10-25-20-18(17)19(22-11-23-20)24-16-5-3-4-15(21)9-16/h3-11H,1-2H3,(H,22,23,24). The van der Waals surface area contributed by atoms with Gasteiger partial charge in [0.25, 0.3) is 0 Å². The lowest BCUT2D eigenvalue weighted by atomic mass is 10.0. The maximum atomic E-state index is 13.5. The molecule has 0 aliphatic heterocycles. The van der Waals surface area contributed by atoms with Crippen LogP contribution >= 0.6 is 11.3 Å². The minimum absolute atomic E-state index is 0.282. The van der Waals surface area contributed by atoms with Crippen LogP contribution in [0.5, 0.6) is 0 Å². The fourth-order valence-corrected chi connectivity index (χ4v) is 3.71. The number of thiophene rings is 1. The first-order chi connectivity index (χ1) is 12.1. The number of anilines is 2. The van der Waals surface area contributed by atoms with E-state index in [1.54, 1.807) is 17.4 Å². The van der Waals surface area contributed by atoms with E-state index in [9.17, 15) is 4.39 Å². The molecule has 0 saturated carbocycles. The molecule has 0 aliphatic rings. The number of fused-ring (bicyclic) bond motifs is 1. The molecule has 0 spiro atoms. The summed E-state index contributed by atoms with van der Waals surface area (Å²) in [5, 5.41) is 6.28. The van der Waals surface area contributed by atoms with Crippen LogP contribution in [0.3, 0.4) is 0 Å².